The van der Waals surface area contributed by atoms with Crippen LogP contribution >= 0.6 is 15.9 Å². The summed E-state index contributed by atoms with van der Waals surface area (Å²) in [6.45, 7) is 2.57. The van der Waals surface area contributed by atoms with E-state index in [4.69, 9.17) is 5.11 Å². The summed E-state index contributed by atoms with van der Waals surface area (Å²) in [5.74, 6) is -1.88. The van der Waals surface area contributed by atoms with Gasteiger partial charge in [0.1, 0.15) is 4.75 Å². The number of carboxylic acid groups (broad SMARTS) is 1. The normalized spacial score (nSPS) is 12.0. The highest BCUT2D eigenvalue weighted by Crippen LogP contribution is 2.23. The van der Waals surface area contributed by atoms with E-state index in [9.17, 15) is 18.0 Å². The predicted molar refractivity (Wildman–Crippen MR) is 78.7 cm³/mol. The number of aromatic carboxylic acids is 1. The molecule has 0 heterocycles. The van der Waals surface area contributed by atoms with E-state index in [0.29, 0.717) is 4.47 Å². The van der Waals surface area contributed by atoms with Crippen molar-refractivity contribution in [1.29, 1.82) is 0 Å². The minimum absolute atomic E-state index is 0.0278. The lowest BCUT2D eigenvalue weighted by atomic mass is 10.1. The molecular formula is C12H14BrNO5S. The summed E-state index contributed by atoms with van der Waals surface area (Å²) in [5.41, 5.74) is 0.187. The average molecular weight is 364 g/mol. The summed E-state index contributed by atoms with van der Waals surface area (Å²) in [6.07, 6.45) is 0.969. The maximum atomic E-state index is 12.0. The van der Waals surface area contributed by atoms with Gasteiger partial charge in [0, 0.05) is 16.4 Å². The summed E-state index contributed by atoms with van der Waals surface area (Å²) >= 11 is 3.08. The van der Waals surface area contributed by atoms with Crippen LogP contribution in [0.4, 0.5) is 5.69 Å². The lowest BCUT2D eigenvalue weighted by Gasteiger charge is -2.21. The Balaban J connectivity index is 3.09. The SMILES string of the molecule is CC(C)(C(=O)Nc1ccc(Br)c(C(=O)O)c1)S(C)(=O)=O. The zero-order valence-corrected chi connectivity index (χ0v) is 13.5. The van der Waals surface area contributed by atoms with Crippen molar-refractivity contribution in [2.75, 3.05) is 11.6 Å². The minimum Gasteiger partial charge on any atom is -0.478 e. The molecule has 1 aromatic carbocycles. The fraction of sp³-hybridized carbons (Fsp3) is 0.333. The highest BCUT2D eigenvalue weighted by molar-refractivity contribution is 9.10. The average Bonchev–Trinajstić information content (AvgIpc) is 2.29. The van der Waals surface area contributed by atoms with Gasteiger partial charge >= 0.3 is 5.97 Å². The number of nitrogens with one attached hydrogen (secondary N) is 1. The lowest BCUT2D eigenvalue weighted by molar-refractivity contribution is -0.117. The minimum atomic E-state index is -3.59. The van der Waals surface area contributed by atoms with Crippen LogP contribution in [0.25, 0.3) is 0 Å². The third kappa shape index (κ3) is 3.37. The highest BCUT2D eigenvalue weighted by Gasteiger charge is 2.38. The number of carboxylic acids is 1. The summed E-state index contributed by atoms with van der Waals surface area (Å²) < 4.78 is 21.9. The van der Waals surface area contributed by atoms with Crippen molar-refractivity contribution in [3.05, 3.63) is 28.2 Å². The first-order valence-electron chi connectivity index (χ1n) is 5.50. The van der Waals surface area contributed by atoms with E-state index >= 15 is 0 Å². The highest BCUT2D eigenvalue weighted by atomic mass is 79.9. The quantitative estimate of drug-likeness (QED) is 0.850. The standard InChI is InChI=1S/C12H14BrNO5S/c1-12(2,20(3,18)19)11(17)14-7-4-5-9(13)8(6-7)10(15)16/h4-6H,1-3H3,(H,14,17)(H,15,16). The van der Waals surface area contributed by atoms with E-state index < -0.39 is 26.5 Å². The number of amides is 1. The van der Waals surface area contributed by atoms with Gasteiger partial charge in [0.15, 0.2) is 9.84 Å². The largest absolute Gasteiger partial charge is 0.478 e. The number of sulfone groups is 1. The first-order valence-corrected chi connectivity index (χ1v) is 8.19. The van der Waals surface area contributed by atoms with Crippen molar-refractivity contribution < 1.29 is 23.1 Å². The third-order valence-electron chi connectivity index (χ3n) is 2.93. The van der Waals surface area contributed by atoms with E-state index in [2.05, 4.69) is 21.2 Å². The van der Waals surface area contributed by atoms with Gasteiger partial charge in [0.2, 0.25) is 5.91 Å². The zero-order chi connectivity index (χ0) is 15.7. The van der Waals surface area contributed by atoms with Crippen LogP contribution in [0.1, 0.15) is 24.2 Å². The van der Waals surface area contributed by atoms with Gasteiger partial charge in [-0.25, -0.2) is 13.2 Å². The number of carbonyl (C=O) groups is 2. The zero-order valence-electron chi connectivity index (χ0n) is 11.1. The Kier molecular flexibility index (Phi) is 4.60. The molecule has 1 aromatic rings. The van der Waals surface area contributed by atoms with Gasteiger partial charge in [0.25, 0.3) is 0 Å². The molecule has 1 amide bonds. The van der Waals surface area contributed by atoms with E-state index in [1.807, 2.05) is 0 Å². The fourth-order valence-corrected chi connectivity index (χ4v) is 2.02. The van der Waals surface area contributed by atoms with Crippen molar-refractivity contribution in [2.45, 2.75) is 18.6 Å². The Labute approximate surface area is 125 Å². The van der Waals surface area contributed by atoms with Crippen LogP contribution in [-0.4, -0.2) is 36.4 Å². The van der Waals surface area contributed by atoms with Crippen molar-refractivity contribution in [3.63, 3.8) is 0 Å². The molecule has 0 aromatic heterocycles. The fourth-order valence-electron chi connectivity index (χ4n) is 1.22. The molecule has 0 saturated carbocycles. The molecule has 0 bridgehead atoms. The van der Waals surface area contributed by atoms with Crippen molar-refractivity contribution in [3.8, 4) is 0 Å². The van der Waals surface area contributed by atoms with Crippen LogP contribution < -0.4 is 5.32 Å². The molecule has 0 aliphatic carbocycles. The van der Waals surface area contributed by atoms with Crippen molar-refractivity contribution in [2.24, 2.45) is 0 Å². The molecule has 1 rings (SSSR count). The van der Waals surface area contributed by atoms with Crippen LogP contribution in [0.2, 0.25) is 0 Å². The number of benzene rings is 1. The lowest BCUT2D eigenvalue weighted by Crippen LogP contribution is -2.43. The molecule has 0 spiro atoms. The molecule has 20 heavy (non-hydrogen) atoms. The molecule has 8 heteroatoms. The van der Waals surface area contributed by atoms with Crippen LogP contribution in [0.3, 0.4) is 0 Å². The van der Waals surface area contributed by atoms with Crippen LogP contribution in [-0.2, 0) is 14.6 Å². The second-order valence-corrected chi connectivity index (χ2v) is 8.16. The first-order chi connectivity index (χ1) is 8.96. The Morgan fingerprint density at radius 2 is 1.85 bits per heavy atom. The smallest absolute Gasteiger partial charge is 0.336 e. The van der Waals surface area contributed by atoms with Gasteiger partial charge in [-0.15, -0.1) is 0 Å². The molecule has 0 radical (unpaired) electrons. The number of hydrogen-bond donors (Lipinski definition) is 2. The topological polar surface area (TPSA) is 101 Å². The van der Waals surface area contributed by atoms with Gasteiger partial charge in [-0.05, 0) is 48.0 Å². The number of hydrogen-bond acceptors (Lipinski definition) is 4. The predicted octanol–water partition coefficient (Wildman–Crippen LogP) is 1.91. The van der Waals surface area contributed by atoms with E-state index in [1.54, 1.807) is 0 Å². The summed E-state index contributed by atoms with van der Waals surface area (Å²) in [6, 6.07) is 4.20. The molecule has 2 N–H and O–H groups in total. The number of rotatable bonds is 4. The monoisotopic (exact) mass is 363 g/mol. The van der Waals surface area contributed by atoms with Gasteiger partial charge in [-0.3, -0.25) is 4.79 Å². The van der Waals surface area contributed by atoms with E-state index in [0.717, 1.165) is 6.26 Å². The summed E-state index contributed by atoms with van der Waals surface area (Å²) in [7, 11) is -3.59. The molecule has 0 fully saturated rings. The van der Waals surface area contributed by atoms with Crippen LogP contribution in [0.5, 0.6) is 0 Å². The van der Waals surface area contributed by atoms with Gasteiger partial charge in [-0.1, -0.05) is 0 Å². The third-order valence-corrected chi connectivity index (χ3v) is 5.66. The second-order valence-electron chi connectivity index (χ2n) is 4.74. The Morgan fingerprint density at radius 3 is 2.30 bits per heavy atom. The van der Waals surface area contributed by atoms with Crippen molar-refractivity contribution in [1.82, 2.24) is 0 Å². The molecular weight excluding hydrogens is 350 g/mol. The van der Waals surface area contributed by atoms with Crippen LogP contribution in [0, 0.1) is 0 Å². The van der Waals surface area contributed by atoms with Gasteiger partial charge < -0.3 is 10.4 Å². The number of carbonyl (C=O) groups excluding carboxylic acids is 1. The molecule has 0 aliphatic heterocycles. The van der Waals surface area contributed by atoms with Gasteiger partial charge in [0.05, 0.1) is 5.56 Å². The first kappa shape index (κ1) is 16.6. The summed E-state index contributed by atoms with van der Waals surface area (Å²) in [5, 5.41) is 11.4. The number of halogens is 1. The molecule has 0 unspecified atom stereocenters. The number of anilines is 1. The molecule has 0 aliphatic rings. The molecule has 110 valence electrons. The Morgan fingerprint density at radius 1 is 1.30 bits per heavy atom. The molecule has 0 atom stereocenters. The van der Waals surface area contributed by atoms with Crippen LogP contribution in [0.15, 0.2) is 22.7 Å². The second kappa shape index (κ2) is 5.53. The van der Waals surface area contributed by atoms with E-state index in [-0.39, 0.29) is 11.3 Å². The van der Waals surface area contributed by atoms with E-state index in [1.165, 1.54) is 32.0 Å². The van der Waals surface area contributed by atoms with Gasteiger partial charge in [-0.2, -0.15) is 0 Å². The molecule has 6 nitrogen and oxygen atoms in total. The summed E-state index contributed by atoms with van der Waals surface area (Å²) in [4.78, 5) is 23.0. The Hall–Kier alpha value is -1.41. The maximum absolute atomic E-state index is 12.0. The Bertz CT molecular complexity index is 666. The maximum Gasteiger partial charge on any atom is 0.336 e. The molecule has 0 saturated heterocycles. The van der Waals surface area contributed by atoms with Crippen molar-refractivity contribution >= 4 is 43.3 Å².